The fraction of sp³-hybridized carbons (Fsp3) is 0.250. The molecule has 0 aromatic heterocycles. The van der Waals surface area contributed by atoms with E-state index in [0.717, 1.165) is 5.56 Å². The minimum atomic E-state index is -4.34. The van der Waals surface area contributed by atoms with Crippen LogP contribution in [-0.2, 0) is 18.1 Å². The maximum Gasteiger partial charge on any atom is 0.255 e. The summed E-state index contributed by atoms with van der Waals surface area (Å²) in [5.74, 6) is 0. The Morgan fingerprint density at radius 2 is 1.31 bits per heavy atom. The van der Waals surface area contributed by atoms with Gasteiger partial charge in [0.1, 0.15) is 0 Å². The Morgan fingerprint density at radius 1 is 0.938 bits per heavy atom. The zero-order valence-electron chi connectivity index (χ0n) is 8.09. The molecule has 8 heteroatoms. The monoisotopic (exact) mass is 302 g/mol. The minimum Gasteiger partial charge on any atom is -0.210 e. The first kappa shape index (κ1) is 13.8. The topological polar surface area (TPSA) is 68.3 Å². The van der Waals surface area contributed by atoms with Gasteiger partial charge in [0.25, 0.3) is 18.1 Å². The van der Waals surface area contributed by atoms with E-state index in [9.17, 15) is 16.8 Å². The van der Waals surface area contributed by atoms with E-state index in [2.05, 4.69) is 0 Å². The summed E-state index contributed by atoms with van der Waals surface area (Å²) in [6, 6.07) is 5.87. The quantitative estimate of drug-likeness (QED) is 0.802. The van der Waals surface area contributed by atoms with E-state index in [1.165, 1.54) is 12.1 Å². The van der Waals surface area contributed by atoms with Gasteiger partial charge in [0, 0.05) is 21.4 Å². The lowest BCUT2D eigenvalue weighted by molar-refractivity contribution is 0.592. The lowest BCUT2D eigenvalue weighted by Crippen LogP contribution is -2.14. The number of hydrogen-bond acceptors (Lipinski definition) is 4. The zero-order chi connectivity index (χ0) is 12.6. The lowest BCUT2D eigenvalue weighted by Gasteiger charge is -2.10. The smallest absolute Gasteiger partial charge is 0.210 e. The second kappa shape index (κ2) is 4.52. The summed E-state index contributed by atoms with van der Waals surface area (Å²) in [7, 11) is 1.46. The van der Waals surface area contributed by atoms with Crippen molar-refractivity contribution in [3.05, 3.63) is 35.4 Å². The van der Waals surface area contributed by atoms with Crippen molar-refractivity contribution < 1.29 is 16.8 Å². The first-order valence-electron chi connectivity index (χ1n) is 4.06. The molecule has 1 aromatic carbocycles. The van der Waals surface area contributed by atoms with E-state index < -0.39 is 22.7 Å². The van der Waals surface area contributed by atoms with Crippen LogP contribution in [0.3, 0.4) is 0 Å². The van der Waals surface area contributed by atoms with Crippen molar-refractivity contribution in [1.29, 1.82) is 0 Å². The molecule has 0 aliphatic rings. The first-order chi connectivity index (χ1) is 7.12. The molecule has 16 heavy (non-hydrogen) atoms. The van der Waals surface area contributed by atoms with Crippen LogP contribution >= 0.6 is 21.4 Å². The summed E-state index contributed by atoms with van der Waals surface area (Å²) in [6.07, 6.45) is 0. The normalized spacial score (nSPS) is 13.0. The standard InChI is InChI=1S/C8H8Cl2O4S2/c1-6-2-4-7(5-3-6)8(15(9,11)12)16(10,13)14/h2-5,8H,1H3. The fourth-order valence-corrected chi connectivity index (χ4v) is 5.92. The fourth-order valence-electron chi connectivity index (χ4n) is 1.19. The highest BCUT2D eigenvalue weighted by Gasteiger charge is 2.36. The molecule has 0 saturated heterocycles. The largest absolute Gasteiger partial charge is 0.255 e. The van der Waals surface area contributed by atoms with Crippen LogP contribution in [0.1, 0.15) is 15.7 Å². The molecule has 0 aliphatic heterocycles. The van der Waals surface area contributed by atoms with Gasteiger partial charge in [-0.25, -0.2) is 16.8 Å². The molecular weight excluding hydrogens is 295 g/mol. The molecule has 0 bridgehead atoms. The Morgan fingerprint density at radius 3 is 1.62 bits per heavy atom. The average Bonchev–Trinajstić information content (AvgIpc) is 2.03. The van der Waals surface area contributed by atoms with Gasteiger partial charge in [-0.1, -0.05) is 29.8 Å². The van der Waals surface area contributed by atoms with Gasteiger partial charge in [0.05, 0.1) is 0 Å². The van der Waals surface area contributed by atoms with Crippen LogP contribution in [0.4, 0.5) is 0 Å². The molecule has 90 valence electrons. The second-order valence-corrected chi connectivity index (χ2v) is 8.92. The molecule has 0 spiro atoms. The zero-order valence-corrected chi connectivity index (χ0v) is 11.2. The Bertz CT molecular complexity index is 543. The van der Waals surface area contributed by atoms with Crippen molar-refractivity contribution in [2.75, 3.05) is 0 Å². The van der Waals surface area contributed by atoms with Gasteiger partial charge in [-0.15, -0.1) is 0 Å². The highest BCUT2D eigenvalue weighted by atomic mass is 35.7. The van der Waals surface area contributed by atoms with Crippen LogP contribution in [0.15, 0.2) is 24.3 Å². The highest BCUT2D eigenvalue weighted by Crippen LogP contribution is 2.33. The Hall–Kier alpha value is -0.300. The molecule has 0 unspecified atom stereocenters. The van der Waals surface area contributed by atoms with E-state index in [0.29, 0.717) is 0 Å². The Labute approximate surface area is 103 Å². The molecule has 0 saturated carbocycles. The van der Waals surface area contributed by atoms with Crippen molar-refractivity contribution in [1.82, 2.24) is 0 Å². The molecule has 0 N–H and O–H groups in total. The number of rotatable bonds is 3. The molecule has 0 aliphatic carbocycles. The van der Waals surface area contributed by atoms with Crippen LogP contribution in [0.5, 0.6) is 0 Å². The Kier molecular flexibility index (Phi) is 3.89. The summed E-state index contributed by atoms with van der Waals surface area (Å²) in [6.45, 7) is 1.78. The van der Waals surface area contributed by atoms with E-state index in [1.54, 1.807) is 19.1 Å². The van der Waals surface area contributed by atoms with Gasteiger partial charge < -0.3 is 0 Å². The minimum absolute atomic E-state index is 0.0237. The maximum absolute atomic E-state index is 11.2. The SMILES string of the molecule is Cc1ccc(C(S(=O)(=O)Cl)S(=O)(=O)Cl)cc1. The lowest BCUT2D eigenvalue weighted by atomic mass is 10.2. The van der Waals surface area contributed by atoms with Crippen LogP contribution in [0, 0.1) is 6.92 Å². The highest BCUT2D eigenvalue weighted by molar-refractivity contribution is 8.28. The van der Waals surface area contributed by atoms with E-state index in [-0.39, 0.29) is 5.56 Å². The van der Waals surface area contributed by atoms with E-state index in [4.69, 9.17) is 21.4 Å². The summed E-state index contributed by atoms with van der Waals surface area (Å²) in [5.41, 5.74) is 0.886. The number of aryl methyl sites for hydroxylation is 1. The van der Waals surface area contributed by atoms with Crippen molar-refractivity contribution in [2.45, 2.75) is 11.5 Å². The summed E-state index contributed by atoms with van der Waals surface area (Å²) < 4.78 is 42.7. The number of benzene rings is 1. The van der Waals surface area contributed by atoms with E-state index in [1.807, 2.05) is 0 Å². The molecule has 0 radical (unpaired) electrons. The number of halogens is 2. The summed E-state index contributed by atoms with van der Waals surface area (Å²) >= 11 is 0. The van der Waals surface area contributed by atoms with Crippen LogP contribution in [0.25, 0.3) is 0 Å². The molecule has 0 atom stereocenters. The average molecular weight is 303 g/mol. The van der Waals surface area contributed by atoms with Crippen LogP contribution in [0.2, 0.25) is 0 Å². The molecule has 0 amide bonds. The van der Waals surface area contributed by atoms with Crippen LogP contribution in [-0.4, -0.2) is 16.8 Å². The molecule has 0 fully saturated rings. The van der Waals surface area contributed by atoms with Gasteiger partial charge in [-0.2, -0.15) is 0 Å². The first-order valence-corrected chi connectivity index (χ1v) is 8.80. The Balaban J connectivity index is 3.41. The maximum atomic E-state index is 11.2. The third kappa shape index (κ3) is 3.35. The summed E-state index contributed by atoms with van der Waals surface area (Å²) in [5, 5.41) is 0. The third-order valence-electron chi connectivity index (χ3n) is 1.86. The summed E-state index contributed by atoms with van der Waals surface area (Å²) in [4.78, 5) is 0. The van der Waals surface area contributed by atoms with Crippen molar-refractivity contribution >= 4 is 39.5 Å². The predicted octanol–water partition coefficient (Wildman–Crippen LogP) is 2.13. The van der Waals surface area contributed by atoms with Gasteiger partial charge in [0.15, 0.2) is 0 Å². The van der Waals surface area contributed by atoms with Gasteiger partial charge in [-0.05, 0) is 12.5 Å². The van der Waals surface area contributed by atoms with Gasteiger partial charge in [-0.3, -0.25) is 0 Å². The molecule has 1 aromatic rings. The molecule has 4 nitrogen and oxygen atoms in total. The molecule has 0 heterocycles. The van der Waals surface area contributed by atoms with Crippen molar-refractivity contribution in [2.24, 2.45) is 0 Å². The third-order valence-corrected chi connectivity index (χ3v) is 6.65. The second-order valence-electron chi connectivity index (χ2n) is 3.19. The molecule has 1 rings (SSSR count). The predicted molar refractivity (Wildman–Crippen MR) is 63.5 cm³/mol. The number of hydrogen-bond donors (Lipinski definition) is 0. The van der Waals surface area contributed by atoms with Crippen molar-refractivity contribution in [3.63, 3.8) is 0 Å². The van der Waals surface area contributed by atoms with Crippen LogP contribution < -0.4 is 0 Å². The van der Waals surface area contributed by atoms with Gasteiger partial charge >= 0.3 is 0 Å². The molecular formula is C8H8Cl2O4S2. The van der Waals surface area contributed by atoms with E-state index >= 15 is 0 Å². The van der Waals surface area contributed by atoms with Crippen molar-refractivity contribution in [3.8, 4) is 0 Å². The van der Waals surface area contributed by atoms with Gasteiger partial charge in [0.2, 0.25) is 4.58 Å².